The largest absolute Gasteiger partial charge is 0.481 e. The smallest absolute Gasteiger partial charge is 0.387 e. The summed E-state index contributed by atoms with van der Waals surface area (Å²) < 4.78 is 41.7. The normalized spacial score (nSPS) is 10.6. The van der Waals surface area contributed by atoms with Crippen molar-refractivity contribution < 1.29 is 27.8 Å². The Kier molecular flexibility index (Phi) is 4.80. The van der Waals surface area contributed by atoms with Crippen LogP contribution in [-0.4, -0.2) is 17.7 Å². The minimum atomic E-state index is -3.09. The van der Waals surface area contributed by atoms with E-state index < -0.39 is 24.8 Å². The molecule has 0 heterocycles. The monoisotopic (exact) mass is 312 g/mol. The molecule has 1 N–H and O–H groups in total. The van der Waals surface area contributed by atoms with Crippen LogP contribution in [0.3, 0.4) is 0 Å². The van der Waals surface area contributed by atoms with Gasteiger partial charge in [0.15, 0.2) is 0 Å². The fourth-order valence-corrected chi connectivity index (χ4v) is 1.76. The number of carboxylic acid groups (broad SMARTS) is 1. The molecule has 17 heavy (non-hydrogen) atoms. The van der Waals surface area contributed by atoms with E-state index in [0.29, 0.717) is 0 Å². The third-order valence-electron chi connectivity index (χ3n) is 1.90. The number of halogens is 4. The van der Waals surface area contributed by atoms with E-state index in [1.54, 1.807) is 0 Å². The van der Waals surface area contributed by atoms with Crippen molar-refractivity contribution >= 4 is 21.9 Å². The summed E-state index contributed by atoms with van der Waals surface area (Å²) in [4.78, 5) is 10.5. The third kappa shape index (κ3) is 3.92. The maximum absolute atomic E-state index is 13.1. The zero-order valence-corrected chi connectivity index (χ0v) is 10.0. The van der Waals surface area contributed by atoms with Crippen molar-refractivity contribution in [2.75, 3.05) is 0 Å². The Morgan fingerprint density at radius 3 is 2.47 bits per heavy atom. The van der Waals surface area contributed by atoms with Gasteiger partial charge in [-0.05, 0) is 12.1 Å². The average molecular weight is 313 g/mol. The van der Waals surface area contributed by atoms with Crippen molar-refractivity contribution in [3.05, 3.63) is 29.1 Å². The van der Waals surface area contributed by atoms with Crippen LogP contribution in [0.1, 0.15) is 11.1 Å². The molecule has 1 aromatic carbocycles. The van der Waals surface area contributed by atoms with E-state index in [9.17, 15) is 18.0 Å². The predicted octanol–water partition coefficient (Wildman–Crippen LogP) is 2.95. The summed E-state index contributed by atoms with van der Waals surface area (Å²) in [7, 11) is 0. The van der Waals surface area contributed by atoms with Crippen molar-refractivity contribution in [3.63, 3.8) is 0 Å². The lowest BCUT2D eigenvalue weighted by Gasteiger charge is -2.13. The number of hydrogen-bond acceptors (Lipinski definition) is 2. The second-order valence-corrected chi connectivity index (χ2v) is 3.70. The first-order valence-corrected chi connectivity index (χ1v) is 5.60. The Bertz CT molecular complexity index is 424. The number of rotatable bonds is 5. The maximum Gasteiger partial charge on any atom is 0.387 e. The highest BCUT2D eigenvalue weighted by molar-refractivity contribution is 9.08. The minimum absolute atomic E-state index is 0.0828. The first-order valence-electron chi connectivity index (χ1n) is 4.48. The van der Waals surface area contributed by atoms with Gasteiger partial charge in [0.25, 0.3) is 0 Å². The summed E-state index contributed by atoms with van der Waals surface area (Å²) in [5, 5.41) is 8.69. The molecule has 0 spiro atoms. The van der Waals surface area contributed by atoms with Crippen LogP contribution in [0.15, 0.2) is 12.1 Å². The Morgan fingerprint density at radius 2 is 2.00 bits per heavy atom. The summed E-state index contributed by atoms with van der Waals surface area (Å²) in [6, 6.07) is 1.88. The van der Waals surface area contributed by atoms with E-state index in [2.05, 4.69) is 20.7 Å². The molecule has 1 rings (SSSR count). The number of hydrogen-bond donors (Lipinski definition) is 1. The highest BCUT2D eigenvalue weighted by Gasteiger charge is 2.17. The minimum Gasteiger partial charge on any atom is -0.481 e. The molecule has 0 atom stereocenters. The quantitative estimate of drug-likeness (QED) is 0.850. The third-order valence-corrected chi connectivity index (χ3v) is 2.50. The summed E-state index contributed by atoms with van der Waals surface area (Å²) >= 11 is 2.99. The van der Waals surface area contributed by atoms with Gasteiger partial charge in [-0.1, -0.05) is 15.9 Å². The number of aliphatic carboxylic acids is 1. The Labute approximate surface area is 103 Å². The van der Waals surface area contributed by atoms with Crippen LogP contribution < -0.4 is 4.74 Å². The number of carbonyl (C=O) groups is 1. The lowest BCUT2D eigenvalue weighted by atomic mass is 10.1. The first-order chi connectivity index (χ1) is 7.93. The molecule has 0 radical (unpaired) electrons. The lowest BCUT2D eigenvalue weighted by molar-refractivity contribution is -0.136. The molecule has 7 heteroatoms. The van der Waals surface area contributed by atoms with Crippen LogP contribution in [0.4, 0.5) is 13.2 Å². The molecule has 94 valence electrons. The summed E-state index contributed by atoms with van der Waals surface area (Å²) in [5.74, 6) is -2.24. The van der Waals surface area contributed by atoms with Crippen molar-refractivity contribution in [2.45, 2.75) is 18.4 Å². The molecule has 0 aliphatic rings. The van der Waals surface area contributed by atoms with Gasteiger partial charge in [-0.2, -0.15) is 8.78 Å². The molecule has 0 saturated carbocycles. The second kappa shape index (κ2) is 5.90. The summed E-state index contributed by atoms with van der Waals surface area (Å²) in [6.45, 7) is -3.09. The van der Waals surface area contributed by atoms with Crippen molar-refractivity contribution in [2.24, 2.45) is 0 Å². The van der Waals surface area contributed by atoms with Crippen LogP contribution in [0.25, 0.3) is 0 Å². The molecule has 3 nitrogen and oxygen atoms in total. The van der Waals surface area contributed by atoms with Crippen LogP contribution in [0, 0.1) is 5.82 Å². The summed E-state index contributed by atoms with van der Waals surface area (Å²) in [6.07, 6.45) is -0.584. The van der Waals surface area contributed by atoms with E-state index in [1.165, 1.54) is 0 Å². The Balaban J connectivity index is 3.22. The van der Waals surface area contributed by atoms with Crippen molar-refractivity contribution in [1.82, 2.24) is 0 Å². The topological polar surface area (TPSA) is 46.5 Å². The predicted molar refractivity (Wildman–Crippen MR) is 57.0 cm³/mol. The molecule has 0 unspecified atom stereocenters. The SMILES string of the molecule is O=C(O)Cc1cc(F)cc(CBr)c1OC(F)F. The van der Waals surface area contributed by atoms with Crippen molar-refractivity contribution in [1.29, 1.82) is 0 Å². The van der Waals surface area contributed by atoms with Crippen LogP contribution in [-0.2, 0) is 16.5 Å². The van der Waals surface area contributed by atoms with Gasteiger partial charge < -0.3 is 9.84 Å². The molecule has 0 amide bonds. The van der Waals surface area contributed by atoms with Gasteiger partial charge in [-0.15, -0.1) is 0 Å². The van der Waals surface area contributed by atoms with E-state index in [-0.39, 0.29) is 22.2 Å². The van der Waals surface area contributed by atoms with Gasteiger partial charge in [0.1, 0.15) is 11.6 Å². The van der Waals surface area contributed by atoms with Gasteiger partial charge in [0.2, 0.25) is 0 Å². The van der Waals surface area contributed by atoms with Gasteiger partial charge >= 0.3 is 12.6 Å². The lowest BCUT2D eigenvalue weighted by Crippen LogP contribution is -2.10. The van der Waals surface area contributed by atoms with Crippen LogP contribution in [0.5, 0.6) is 5.75 Å². The van der Waals surface area contributed by atoms with Crippen LogP contribution >= 0.6 is 15.9 Å². The van der Waals surface area contributed by atoms with Crippen molar-refractivity contribution in [3.8, 4) is 5.75 Å². The molecule has 0 fully saturated rings. The van der Waals surface area contributed by atoms with E-state index in [0.717, 1.165) is 12.1 Å². The first kappa shape index (κ1) is 13.8. The van der Waals surface area contributed by atoms with Gasteiger partial charge in [-0.25, -0.2) is 4.39 Å². The van der Waals surface area contributed by atoms with Crippen LogP contribution in [0.2, 0.25) is 0 Å². The molecule has 0 saturated heterocycles. The average Bonchev–Trinajstić information content (AvgIpc) is 2.20. The number of carboxylic acids is 1. The standard InChI is InChI=1S/C10H8BrF3O3/c11-4-6-2-7(12)1-5(3-8(15)16)9(6)17-10(13)14/h1-2,10H,3-4H2,(H,15,16). The molecular weight excluding hydrogens is 305 g/mol. The molecule has 0 aliphatic carbocycles. The highest BCUT2D eigenvalue weighted by atomic mass is 79.9. The molecule has 0 aromatic heterocycles. The van der Waals surface area contributed by atoms with Gasteiger partial charge in [0.05, 0.1) is 6.42 Å². The van der Waals surface area contributed by atoms with E-state index in [1.807, 2.05) is 0 Å². The fourth-order valence-electron chi connectivity index (χ4n) is 1.35. The molecule has 0 aliphatic heterocycles. The van der Waals surface area contributed by atoms with Gasteiger partial charge in [-0.3, -0.25) is 4.79 Å². The Hall–Kier alpha value is -1.24. The van der Waals surface area contributed by atoms with E-state index >= 15 is 0 Å². The zero-order valence-electron chi connectivity index (χ0n) is 8.42. The maximum atomic E-state index is 13.1. The number of alkyl halides is 3. The highest BCUT2D eigenvalue weighted by Crippen LogP contribution is 2.29. The number of benzene rings is 1. The zero-order chi connectivity index (χ0) is 13.0. The molecule has 0 bridgehead atoms. The molecule has 1 aromatic rings. The second-order valence-electron chi connectivity index (χ2n) is 3.14. The fraction of sp³-hybridized carbons (Fsp3) is 0.300. The number of ether oxygens (including phenoxy) is 1. The Morgan fingerprint density at radius 1 is 1.41 bits per heavy atom. The van der Waals surface area contributed by atoms with Gasteiger partial charge in [0, 0.05) is 16.5 Å². The van der Waals surface area contributed by atoms with E-state index in [4.69, 9.17) is 5.11 Å². The summed E-state index contributed by atoms with van der Waals surface area (Å²) in [5.41, 5.74) is 0.0220. The molecular formula is C10H8BrF3O3.